The second-order valence-electron chi connectivity index (χ2n) is 6.78. The number of benzene rings is 2. The maximum absolute atomic E-state index is 13.3. The van der Waals surface area contributed by atoms with Gasteiger partial charge in [-0.25, -0.2) is 22.9 Å². The van der Waals surface area contributed by atoms with E-state index in [1.165, 1.54) is 34.9 Å². The van der Waals surface area contributed by atoms with Crippen molar-refractivity contribution in [2.45, 2.75) is 33.0 Å². The number of hydrogen-bond acceptors (Lipinski definition) is 4. The summed E-state index contributed by atoms with van der Waals surface area (Å²) in [4.78, 5) is 29.3. The SMILES string of the molecule is CC(C)n1c(=O)nc(NCc2ccc(F)c(Cl)c2)n(Cc2ccc(F)cc2)c1=O. The zero-order chi connectivity index (χ0) is 21.1. The zero-order valence-electron chi connectivity index (χ0n) is 15.8. The molecule has 3 aromatic rings. The van der Waals surface area contributed by atoms with E-state index >= 15 is 0 Å². The minimum Gasteiger partial charge on any atom is -0.351 e. The predicted octanol–water partition coefficient (Wildman–Crippen LogP) is 3.58. The fraction of sp³-hybridized carbons (Fsp3) is 0.250. The van der Waals surface area contributed by atoms with Crippen molar-refractivity contribution in [2.75, 3.05) is 5.32 Å². The molecule has 0 amide bonds. The molecule has 0 aliphatic heterocycles. The molecule has 0 aliphatic carbocycles. The Hall–Kier alpha value is -3.00. The van der Waals surface area contributed by atoms with Gasteiger partial charge in [0.2, 0.25) is 5.95 Å². The molecule has 3 rings (SSSR count). The number of halogens is 3. The van der Waals surface area contributed by atoms with E-state index in [0.29, 0.717) is 11.1 Å². The van der Waals surface area contributed by atoms with Crippen molar-refractivity contribution >= 4 is 17.5 Å². The fourth-order valence-electron chi connectivity index (χ4n) is 2.83. The van der Waals surface area contributed by atoms with E-state index in [1.807, 2.05) is 0 Å². The van der Waals surface area contributed by atoms with Gasteiger partial charge in [-0.05, 0) is 49.2 Å². The summed E-state index contributed by atoms with van der Waals surface area (Å²) in [7, 11) is 0. The Labute approximate surface area is 170 Å². The van der Waals surface area contributed by atoms with Gasteiger partial charge >= 0.3 is 11.4 Å². The molecule has 0 spiro atoms. The highest BCUT2D eigenvalue weighted by Crippen LogP contribution is 2.17. The van der Waals surface area contributed by atoms with Crippen LogP contribution >= 0.6 is 11.6 Å². The van der Waals surface area contributed by atoms with Gasteiger partial charge in [-0.2, -0.15) is 4.98 Å². The standard InChI is InChI=1S/C20H19ClF2N4O2/c1-12(2)27-19(28)25-18(24-10-14-5-8-17(23)16(21)9-14)26(20(27)29)11-13-3-6-15(22)7-4-13/h3-9,12H,10-11H2,1-2H3,(H,24,25,28). The highest BCUT2D eigenvalue weighted by Gasteiger charge is 2.16. The van der Waals surface area contributed by atoms with Crippen LogP contribution in [0.2, 0.25) is 5.02 Å². The number of nitrogens with one attached hydrogen (secondary N) is 1. The molecule has 1 heterocycles. The van der Waals surface area contributed by atoms with E-state index in [4.69, 9.17) is 11.6 Å². The van der Waals surface area contributed by atoms with Crippen molar-refractivity contribution < 1.29 is 8.78 Å². The molecule has 0 atom stereocenters. The lowest BCUT2D eigenvalue weighted by molar-refractivity contribution is 0.495. The zero-order valence-corrected chi connectivity index (χ0v) is 16.6. The Kier molecular flexibility index (Phi) is 6.12. The van der Waals surface area contributed by atoms with Crippen molar-refractivity contribution in [3.05, 3.63) is 91.2 Å². The molecule has 0 radical (unpaired) electrons. The molecule has 152 valence electrons. The predicted molar refractivity (Wildman–Crippen MR) is 107 cm³/mol. The van der Waals surface area contributed by atoms with E-state index in [0.717, 1.165) is 4.57 Å². The third-order valence-corrected chi connectivity index (χ3v) is 4.59. The van der Waals surface area contributed by atoms with E-state index in [2.05, 4.69) is 10.3 Å². The Morgan fingerprint density at radius 3 is 2.34 bits per heavy atom. The van der Waals surface area contributed by atoms with Crippen molar-refractivity contribution in [1.82, 2.24) is 14.1 Å². The minimum atomic E-state index is -0.681. The summed E-state index contributed by atoms with van der Waals surface area (Å²) in [6.07, 6.45) is 0. The Morgan fingerprint density at radius 2 is 1.72 bits per heavy atom. The molecule has 0 fully saturated rings. The van der Waals surface area contributed by atoms with Crippen LogP contribution in [0.5, 0.6) is 0 Å². The Balaban J connectivity index is 1.99. The minimum absolute atomic E-state index is 0.0313. The average molecular weight is 421 g/mol. The second kappa shape index (κ2) is 8.57. The number of anilines is 1. The van der Waals surface area contributed by atoms with Crippen LogP contribution in [0.15, 0.2) is 52.1 Å². The number of aromatic nitrogens is 3. The highest BCUT2D eigenvalue weighted by molar-refractivity contribution is 6.30. The van der Waals surface area contributed by atoms with E-state index in [-0.39, 0.29) is 30.1 Å². The molecule has 0 unspecified atom stereocenters. The monoisotopic (exact) mass is 420 g/mol. The van der Waals surface area contributed by atoms with Gasteiger partial charge in [0.25, 0.3) is 0 Å². The van der Waals surface area contributed by atoms with Gasteiger partial charge in [0, 0.05) is 12.6 Å². The molecule has 0 saturated heterocycles. The normalized spacial score (nSPS) is 11.1. The molecule has 0 saturated carbocycles. The number of nitrogens with zero attached hydrogens (tertiary/aromatic N) is 3. The highest BCUT2D eigenvalue weighted by atomic mass is 35.5. The van der Waals surface area contributed by atoms with Crippen LogP contribution in [0.1, 0.15) is 31.0 Å². The molecule has 29 heavy (non-hydrogen) atoms. The van der Waals surface area contributed by atoms with Gasteiger partial charge in [0.1, 0.15) is 11.6 Å². The lowest BCUT2D eigenvalue weighted by Gasteiger charge is -2.17. The first-order valence-corrected chi connectivity index (χ1v) is 9.29. The summed E-state index contributed by atoms with van der Waals surface area (Å²) in [6, 6.07) is 9.52. The van der Waals surface area contributed by atoms with Gasteiger partial charge in [-0.3, -0.25) is 4.57 Å². The smallest absolute Gasteiger partial charge is 0.351 e. The summed E-state index contributed by atoms with van der Waals surface area (Å²) in [5.41, 5.74) is 0.0908. The molecule has 1 N–H and O–H groups in total. The fourth-order valence-corrected chi connectivity index (χ4v) is 3.03. The maximum Gasteiger partial charge on any atom is 0.355 e. The van der Waals surface area contributed by atoms with Gasteiger partial charge in [0.15, 0.2) is 0 Å². The van der Waals surface area contributed by atoms with Gasteiger partial charge in [-0.15, -0.1) is 0 Å². The van der Waals surface area contributed by atoms with Crippen molar-refractivity contribution in [2.24, 2.45) is 0 Å². The summed E-state index contributed by atoms with van der Waals surface area (Å²) >= 11 is 5.80. The van der Waals surface area contributed by atoms with Crippen LogP contribution in [0.4, 0.5) is 14.7 Å². The lowest BCUT2D eigenvalue weighted by atomic mass is 10.2. The third kappa shape index (κ3) is 4.71. The van der Waals surface area contributed by atoms with Gasteiger partial charge in [0.05, 0.1) is 11.6 Å². The van der Waals surface area contributed by atoms with E-state index in [9.17, 15) is 18.4 Å². The summed E-state index contributed by atoms with van der Waals surface area (Å²) in [5.74, 6) is -0.874. The van der Waals surface area contributed by atoms with Crippen molar-refractivity contribution in [3.63, 3.8) is 0 Å². The van der Waals surface area contributed by atoms with E-state index < -0.39 is 23.0 Å². The molecule has 1 aromatic heterocycles. The van der Waals surface area contributed by atoms with Crippen molar-refractivity contribution in [3.8, 4) is 0 Å². The second-order valence-corrected chi connectivity index (χ2v) is 7.19. The summed E-state index contributed by atoms with van der Waals surface area (Å²) in [6.45, 7) is 3.67. The van der Waals surface area contributed by atoms with Crippen LogP contribution in [-0.4, -0.2) is 14.1 Å². The molecule has 9 heteroatoms. The summed E-state index contributed by atoms with van der Waals surface area (Å²) < 4.78 is 28.9. The molecule has 6 nitrogen and oxygen atoms in total. The van der Waals surface area contributed by atoms with Crippen molar-refractivity contribution in [1.29, 1.82) is 0 Å². The first-order chi connectivity index (χ1) is 13.8. The molecule has 0 bridgehead atoms. The Bertz CT molecular complexity index is 1140. The quantitative estimate of drug-likeness (QED) is 0.661. The molecule has 2 aromatic carbocycles. The first-order valence-electron chi connectivity index (χ1n) is 8.92. The lowest BCUT2D eigenvalue weighted by Crippen LogP contribution is -2.43. The van der Waals surface area contributed by atoms with E-state index in [1.54, 1.807) is 26.0 Å². The van der Waals surface area contributed by atoms with Crippen LogP contribution in [-0.2, 0) is 13.1 Å². The first kappa shape index (κ1) is 20.7. The topological polar surface area (TPSA) is 68.9 Å². The van der Waals surface area contributed by atoms with Crippen LogP contribution in [0.3, 0.4) is 0 Å². The molecular weight excluding hydrogens is 402 g/mol. The van der Waals surface area contributed by atoms with Crippen LogP contribution in [0, 0.1) is 11.6 Å². The molecule has 0 aliphatic rings. The number of rotatable bonds is 6. The number of hydrogen-bond donors (Lipinski definition) is 1. The largest absolute Gasteiger partial charge is 0.355 e. The molecular formula is C20H19ClF2N4O2. The van der Waals surface area contributed by atoms with Crippen LogP contribution in [0.25, 0.3) is 0 Å². The Morgan fingerprint density at radius 1 is 1.07 bits per heavy atom. The van der Waals surface area contributed by atoms with Gasteiger partial charge < -0.3 is 5.32 Å². The van der Waals surface area contributed by atoms with Gasteiger partial charge in [-0.1, -0.05) is 29.8 Å². The van der Waals surface area contributed by atoms with Crippen LogP contribution < -0.4 is 16.7 Å². The average Bonchev–Trinajstić information content (AvgIpc) is 2.66. The maximum atomic E-state index is 13.3. The third-order valence-electron chi connectivity index (χ3n) is 4.31. The summed E-state index contributed by atoms with van der Waals surface area (Å²) in [5, 5.41) is 2.91.